The Bertz CT molecular complexity index is 608. The zero-order valence-corrected chi connectivity index (χ0v) is 11.2. The van der Waals surface area contributed by atoms with Crippen LogP contribution in [-0.2, 0) is 0 Å². The number of carbonyl (C=O) groups is 1. The number of hydrogen-bond donors (Lipinski definition) is 2. The lowest BCUT2D eigenvalue weighted by Gasteiger charge is -2.13. The largest absolute Gasteiger partial charge is 0.497 e. The average Bonchev–Trinajstić information content (AvgIpc) is 2.47. The minimum absolute atomic E-state index is 0.103. The quantitative estimate of drug-likeness (QED) is 0.876. The van der Waals surface area contributed by atoms with Crippen molar-refractivity contribution in [2.45, 2.75) is 0 Å². The van der Waals surface area contributed by atoms with Crippen LogP contribution >= 0.6 is 0 Å². The molecular formula is C15H15NO4. The van der Waals surface area contributed by atoms with E-state index in [2.05, 4.69) is 5.32 Å². The number of carboxylic acids is 1. The van der Waals surface area contributed by atoms with Gasteiger partial charge in [-0.3, -0.25) is 0 Å². The summed E-state index contributed by atoms with van der Waals surface area (Å²) >= 11 is 0. The van der Waals surface area contributed by atoms with Gasteiger partial charge in [0.05, 0.1) is 19.9 Å². The first-order valence-electron chi connectivity index (χ1n) is 5.97. The summed E-state index contributed by atoms with van der Waals surface area (Å²) in [7, 11) is 3.03. The van der Waals surface area contributed by atoms with Crippen molar-refractivity contribution in [1.82, 2.24) is 0 Å². The molecule has 0 saturated heterocycles. The lowest BCUT2D eigenvalue weighted by atomic mass is 10.1. The zero-order chi connectivity index (χ0) is 14.5. The summed E-state index contributed by atoms with van der Waals surface area (Å²) in [5, 5.41) is 12.4. The second kappa shape index (κ2) is 5.97. The van der Waals surface area contributed by atoms with Crippen LogP contribution < -0.4 is 14.8 Å². The number of methoxy groups -OCH3 is 2. The predicted molar refractivity (Wildman–Crippen MR) is 76.2 cm³/mol. The Labute approximate surface area is 116 Å². The van der Waals surface area contributed by atoms with Crippen LogP contribution in [0.2, 0.25) is 0 Å². The molecule has 20 heavy (non-hydrogen) atoms. The number of aromatic carboxylic acids is 1. The summed E-state index contributed by atoms with van der Waals surface area (Å²) in [5.41, 5.74) is 1.34. The van der Waals surface area contributed by atoms with Gasteiger partial charge in [0.15, 0.2) is 0 Å². The highest BCUT2D eigenvalue weighted by Gasteiger charge is 2.16. The molecule has 0 radical (unpaired) electrons. The Kier molecular flexibility index (Phi) is 4.10. The van der Waals surface area contributed by atoms with Gasteiger partial charge < -0.3 is 19.9 Å². The minimum atomic E-state index is -1.04. The highest BCUT2D eigenvalue weighted by molar-refractivity contribution is 5.98. The van der Waals surface area contributed by atoms with Crippen molar-refractivity contribution in [2.75, 3.05) is 19.5 Å². The molecule has 0 heterocycles. The van der Waals surface area contributed by atoms with E-state index >= 15 is 0 Å². The van der Waals surface area contributed by atoms with Crippen LogP contribution in [0.3, 0.4) is 0 Å². The van der Waals surface area contributed by atoms with E-state index in [1.807, 2.05) is 12.1 Å². The van der Waals surface area contributed by atoms with Crippen molar-refractivity contribution in [3.8, 4) is 11.5 Å². The van der Waals surface area contributed by atoms with Gasteiger partial charge in [0.1, 0.15) is 17.1 Å². The van der Waals surface area contributed by atoms with Crippen LogP contribution in [0.4, 0.5) is 11.4 Å². The highest BCUT2D eigenvalue weighted by Crippen LogP contribution is 2.29. The Balaban J connectivity index is 2.34. The van der Waals surface area contributed by atoms with E-state index in [4.69, 9.17) is 9.47 Å². The van der Waals surface area contributed by atoms with Crippen molar-refractivity contribution < 1.29 is 19.4 Å². The van der Waals surface area contributed by atoms with Crippen LogP contribution in [0.1, 0.15) is 10.4 Å². The first-order valence-corrected chi connectivity index (χ1v) is 5.97. The van der Waals surface area contributed by atoms with E-state index in [-0.39, 0.29) is 5.56 Å². The van der Waals surface area contributed by atoms with Gasteiger partial charge in [-0.05, 0) is 36.4 Å². The number of carboxylic acid groups (broad SMARTS) is 1. The number of rotatable bonds is 5. The maximum atomic E-state index is 11.4. The van der Waals surface area contributed by atoms with Gasteiger partial charge in [-0.15, -0.1) is 0 Å². The Morgan fingerprint density at radius 2 is 1.75 bits per heavy atom. The second-order valence-corrected chi connectivity index (χ2v) is 4.04. The van der Waals surface area contributed by atoms with Crippen molar-refractivity contribution in [1.29, 1.82) is 0 Å². The molecule has 2 N–H and O–H groups in total. The zero-order valence-electron chi connectivity index (χ0n) is 11.2. The summed E-state index contributed by atoms with van der Waals surface area (Å²) in [4.78, 5) is 11.4. The van der Waals surface area contributed by atoms with E-state index in [0.29, 0.717) is 11.4 Å². The number of benzene rings is 2. The molecule has 0 unspecified atom stereocenters. The van der Waals surface area contributed by atoms with E-state index < -0.39 is 5.97 Å². The lowest BCUT2D eigenvalue weighted by molar-refractivity contribution is 0.0694. The molecule has 5 heteroatoms. The maximum absolute atomic E-state index is 11.4. The number of anilines is 2. The first kappa shape index (κ1) is 13.7. The summed E-state index contributed by atoms with van der Waals surface area (Å²) in [6.45, 7) is 0. The molecule has 0 aromatic heterocycles. The van der Waals surface area contributed by atoms with Gasteiger partial charge in [0.2, 0.25) is 0 Å². The Morgan fingerprint density at radius 1 is 1.05 bits per heavy atom. The van der Waals surface area contributed by atoms with Gasteiger partial charge in [-0.1, -0.05) is 6.07 Å². The molecule has 0 amide bonds. The standard InChI is InChI=1S/C15H15NO4/c1-19-11-8-6-10(7-9-11)16-12-4-3-5-13(20-2)14(12)15(17)18/h3-9,16H,1-2H3,(H,17,18). The molecule has 0 saturated carbocycles. The normalized spacial score (nSPS) is 9.90. The molecule has 0 spiro atoms. The van der Waals surface area contributed by atoms with Gasteiger partial charge in [0.25, 0.3) is 0 Å². The summed E-state index contributed by atoms with van der Waals surface area (Å²) < 4.78 is 10.2. The van der Waals surface area contributed by atoms with Gasteiger partial charge in [-0.2, -0.15) is 0 Å². The van der Waals surface area contributed by atoms with Crippen molar-refractivity contribution >= 4 is 17.3 Å². The molecule has 2 aromatic rings. The molecule has 0 bridgehead atoms. The lowest BCUT2D eigenvalue weighted by Crippen LogP contribution is -2.05. The van der Waals surface area contributed by atoms with Crippen LogP contribution in [0, 0.1) is 0 Å². The molecule has 104 valence electrons. The molecule has 0 atom stereocenters. The third-order valence-corrected chi connectivity index (χ3v) is 2.83. The third-order valence-electron chi connectivity index (χ3n) is 2.83. The molecule has 0 aliphatic carbocycles. The van der Waals surface area contributed by atoms with E-state index in [1.54, 1.807) is 37.4 Å². The van der Waals surface area contributed by atoms with Crippen LogP contribution in [-0.4, -0.2) is 25.3 Å². The van der Waals surface area contributed by atoms with Gasteiger partial charge in [-0.25, -0.2) is 4.79 Å². The fraction of sp³-hybridized carbons (Fsp3) is 0.133. The van der Waals surface area contributed by atoms with Crippen molar-refractivity contribution in [3.63, 3.8) is 0 Å². The average molecular weight is 273 g/mol. The molecule has 2 aromatic carbocycles. The number of nitrogens with one attached hydrogen (secondary N) is 1. The number of hydrogen-bond acceptors (Lipinski definition) is 4. The van der Waals surface area contributed by atoms with Crippen molar-refractivity contribution in [3.05, 3.63) is 48.0 Å². The number of ether oxygens (including phenoxy) is 2. The molecule has 0 fully saturated rings. The SMILES string of the molecule is COc1ccc(Nc2cccc(OC)c2C(=O)O)cc1. The monoisotopic (exact) mass is 273 g/mol. The molecular weight excluding hydrogens is 258 g/mol. The summed E-state index contributed by atoms with van der Waals surface area (Å²) in [6, 6.07) is 12.2. The first-order chi connectivity index (χ1) is 9.65. The summed E-state index contributed by atoms with van der Waals surface area (Å²) in [6.07, 6.45) is 0. The second-order valence-electron chi connectivity index (χ2n) is 4.04. The van der Waals surface area contributed by atoms with E-state index in [1.165, 1.54) is 7.11 Å². The molecule has 5 nitrogen and oxygen atoms in total. The predicted octanol–water partition coefficient (Wildman–Crippen LogP) is 3.15. The van der Waals surface area contributed by atoms with E-state index in [0.717, 1.165) is 11.4 Å². The fourth-order valence-corrected chi connectivity index (χ4v) is 1.86. The molecule has 2 rings (SSSR count). The molecule has 0 aliphatic heterocycles. The van der Waals surface area contributed by atoms with Crippen LogP contribution in [0.15, 0.2) is 42.5 Å². The van der Waals surface area contributed by atoms with E-state index in [9.17, 15) is 9.90 Å². The van der Waals surface area contributed by atoms with Crippen LogP contribution in [0.5, 0.6) is 11.5 Å². The van der Waals surface area contributed by atoms with Gasteiger partial charge in [0, 0.05) is 5.69 Å². The fourth-order valence-electron chi connectivity index (χ4n) is 1.86. The smallest absolute Gasteiger partial charge is 0.341 e. The Morgan fingerprint density at radius 3 is 2.30 bits per heavy atom. The maximum Gasteiger partial charge on any atom is 0.341 e. The topological polar surface area (TPSA) is 67.8 Å². The minimum Gasteiger partial charge on any atom is -0.497 e. The highest BCUT2D eigenvalue weighted by atomic mass is 16.5. The summed E-state index contributed by atoms with van der Waals surface area (Å²) in [5.74, 6) is 0.00845. The third kappa shape index (κ3) is 2.83. The van der Waals surface area contributed by atoms with Crippen molar-refractivity contribution in [2.24, 2.45) is 0 Å². The van der Waals surface area contributed by atoms with Gasteiger partial charge >= 0.3 is 5.97 Å². The molecule has 0 aliphatic rings. The Hall–Kier alpha value is -2.69. The van der Waals surface area contributed by atoms with Crippen LogP contribution in [0.25, 0.3) is 0 Å².